The highest BCUT2D eigenvalue weighted by atomic mass is 35.5. The number of hydrogen-bond acceptors (Lipinski definition) is 3. The summed E-state index contributed by atoms with van der Waals surface area (Å²) in [5.41, 5.74) is 2.23. The van der Waals surface area contributed by atoms with Crippen molar-refractivity contribution in [3.8, 4) is 6.07 Å². The molecule has 0 aliphatic carbocycles. The van der Waals surface area contributed by atoms with E-state index in [1.54, 1.807) is 35.2 Å². The van der Waals surface area contributed by atoms with Crippen molar-refractivity contribution in [2.24, 2.45) is 0 Å². The lowest BCUT2D eigenvalue weighted by Crippen LogP contribution is -2.41. The second kappa shape index (κ2) is 7.46. The van der Waals surface area contributed by atoms with Gasteiger partial charge in [-0.1, -0.05) is 49.2 Å². The summed E-state index contributed by atoms with van der Waals surface area (Å²) in [5.74, 6) is 0.635. The van der Waals surface area contributed by atoms with Gasteiger partial charge in [0.1, 0.15) is 5.54 Å². The van der Waals surface area contributed by atoms with Gasteiger partial charge in [-0.3, -0.25) is 9.36 Å². The van der Waals surface area contributed by atoms with E-state index in [4.69, 9.17) is 28.5 Å². The van der Waals surface area contributed by atoms with Gasteiger partial charge in [0.15, 0.2) is 0 Å². The molecule has 5 nitrogen and oxygen atoms in total. The first-order valence-corrected chi connectivity index (χ1v) is 10.4. The molecular formula is C23H20Cl2N4O. The molecule has 0 saturated heterocycles. The van der Waals surface area contributed by atoms with Crippen molar-refractivity contribution in [3.63, 3.8) is 0 Å². The van der Waals surface area contributed by atoms with Crippen molar-refractivity contribution < 1.29 is 4.79 Å². The van der Waals surface area contributed by atoms with E-state index < -0.39 is 5.54 Å². The summed E-state index contributed by atoms with van der Waals surface area (Å²) in [7, 11) is 0. The fourth-order valence-corrected chi connectivity index (χ4v) is 4.52. The third-order valence-corrected chi connectivity index (χ3v) is 5.89. The van der Waals surface area contributed by atoms with E-state index >= 15 is 0 Å². The molecule has 1 amide bonds. The molecule has 0 N–H and O–H groups in total. The predicted octanol–water partition coefficient (Wildman–Crippen LogP) is 5.82. The van der Waals surface area contributed by atoms with E-state index in [0.717, 1.165) is 11.3 Å². The summed E-state index contributed by atoms with van der Waals surface area (Å²) in [6.07, 6.45) is 2.29. The molecule has 7 heteroatoms. The summed E-state index contributed by atoms with van der Waals surface area (Å²) in [4.78, 5) is 20.0. The summed E-state index contributed by atoms with van der Waals surface area (Å²) in [6, 6.07) is 14.5. The molecule has 3 aromatic rings. The van der Waals surface area contributed by atoms with Crippen LogP contribution in [0.2, 0.25) is 10.0 Å². The lowest BCUT2D eigenvalue weighted by molar-refractivity contribution is -0.124. The predicted molar refractivity (Wildman–Crippen MR) is 118 cm³/mol. The zero-order valence-corrected chi connectivity index (χ0v) is 18.4. The van der Waals surface area contributed by atoms with Gasteiger partial charge in [0, 0.05) is 22.2 Å². The molecule has 4 rings (SSSR count). The van der Waals surface area contributed by atoms with E-state index in [1.165, 1.54) is 0 Å². The Morgan fingerprint density at radius 2 is 1.77 bits per heavy atom. The number of amides is 1. The number of aromatic nitrogens is 2. The van der Waals surface area contributed by atoms with Crippen LogP contribution in [-0.2, 0) is 16.8 Å². The molecule has 2 heterocycles. The van der Waals surface area contributed by atoms with Crippen LogP contribution in [0, 0.1) is 11.3 Å². The molecule has 0 bridgehead atoms. The molecule has 1 aromatic heterocycles. The van der Waals surface area contributed by atoms with Gasteiger partial charge in [-0.05, 0) is 48.7 Å². The van der Waals surface area contributed by atoms with Gasteiger partial charge in [-0.25, -0.2) is 9.88 Å². The molecule has 2 aromatic carbocycles. The first-order chi connectivity index (χ1) is 14.2. The Balaban J connectivity index is 1.86. The van der Waals surface area contributed by atoms with E-state index in [1.807, 2.05) is 29.8 Å². The van der Waals surface area contributed by atoms with Gasteiger partial charge in [0.05, 0.1) is 23.5 Å². The maximum atomic E-state index is 13.8. The molecule has 1 aliphatic heterocycles. The van der Waals surface area contributed by atoms with Crippen LogP contribution in [0.25, 0.3) is 0 Å². The number of halogens is 2. The third kappa shape index (κ3) is 3.27. The Morgan fingerprint density at radius 1 is 1.13 bits per heavy atom. The topological polar surface area (TPSA) is 61.9 Å². The van der Waals surface area contributed by atoms with Crippen molar-refractivity contribution in [3.05, 3.63) is 75.5 Å². The van der Waals surface area contributed by atoms with Gasteiger partial charge in [0.25, 0.3) is 5.91 Å². The van der Waals surface area contributed by atoms with Crippen LogP contribution in [0.3, 0.4) is 0 Å². The highest BCUT2D eigenvalue weighted by Gasteiger charge is 2.50. The van der Waals surface area contributed by atoms with Crippen LogP contribution in [0.1, 0.15) is 43.5 Å². The van der Waals surface area contributed by atoms with E-state index in [-0.39, 0.29) is 11.8 Å². The molecule has 152 valence electrons. The number of carbonyl (C=O) groups excluding carboxylic acids is 1. The van der Waals surface area contributed by atoms with E-state index in [0.29, 0.717) is 33.7 Å². The van der Waals surface area contributed by atoms with Gasteiger partial charge >= 0.3 is 0 Å². The lowest BCUT2D eigenvalue weighted by atomic mass is 9.90. The number of carbonyl (C=O) groups is 1. The minimum atomic E-state index is -0.881. The van der Waals surface area contributed by atoms with Crippen LogP contribution >= 0.6 is 23.2 Å². The molecule has 1 aliphatic rings. The molecule has 1 atom stereocenters. The highest BCUT2D eigenvalue weighted by Crippen LogP contribution is 2.44. The van der Waals surface area contributed by atoms with Gasteiger partial charge in [0.2, 0.25) is 5.95 Å². The maximum Gasteiger partial charge on any atom is 0.260 e. The van der Waals surface area contributed by atoms with Gasteiger partial charge in [-0.2, -0.15) is 5.26 Å². The monoisotopic (exact) mass is 438 g/mol. The van der Waals surface area contributed by atoms with Crippen LogP contribution < -0.4 is 4.90 Å². The molecule has 30 heavy (non-hydrogen) atoms. The third-order valence-electron chi connectivity index (χ3n) is 5.46. The maximum absolute atomic E-state index is 13.8. The molecule has 0 fully saturated rings. The van der Waals surface area contributed by atoms with Crippen LogP contribution in [0.15, 0.2) is 48.7 Å². The van der Waals surface area contributed by atoms with Gasteiger partial charge < -0.3 is 0 Å². The van der Waals surface area contributed by atoms with Crippen LogP contribution in [0.5, 0.6) is 0 Å². The quantitative estimate of drug-likeness (QED) is 0.515. The van der Waals surface area contributed by atoms with Crippen molar-refractivity contribution in [2.75, 3.05) is 4.90 Å². The van der Waals surface area contributed by atoms with Crippen molar-refractivity contribution in [1.82, 2.24) is 9.55 Å². The normalized spacial score (nSPS) is 18.0. The first-order valence-electron chi connectivity index (χ1n) is 9.62. The van der Waals surface area contributed by atoms with E-state index in [9.17, 15) is 4.79 Å². The van der Waals surface area contributed by atoms with Crippen LogP contribution in [-0.4, -0.2) is 15.5 Å². The fraction of sp³-hybridized carbons (Fsp3) is 0.261. The number of imidazole rings is 1. The van der Waals surface area contributed by atoms with Crippen LogP contribution in [0.4, 0.5) is 11.6 Å². The Bertz CT molecular complexity index is 1160. The summed E-state index contributed by atoms with van der Waals surface area (Å²) >= 11 is 12.4. The number of fused-ring (bicyclic) bond motifs is 1. The SMILES string of the molecule is CC(C)c1cnc2n1C(C)(Cc1ccc(C#N)cc1)C(=O)N2c1cc(Cl)cc(Cl)c1. The standard InChI is InChI=1S/C23H20Cl2N4O/c1-14(2)20-13-27-22-28(19-9-17(24)8-18(25)10-19)21(30)23(3,29(20)22)11-15-4-6-16(12-26)7-5-15/h4-10,13-14H,11H2,1-3H3. The first kappa shape index (κ1) is 20.5. The molecular weight excluding hydrogens is 419 g/mol. The lowest BCUT2D eigenvalue weighted by Gasteiger charge is -2.27. The zero-order valence-electron chi connectivity index (χ0n) is 16.9. The number of nitrogens with zero attached hydrogens (tertiary/aromatic N) is 4. The second-order valence-corrected chi connectivity index (χ2v) is 8.87. The number of benzene rings is 2. The van der Waals surface area contributed by atoms with Crippen molar-refractivity contribution in [1.29, 1.82) is 5.26 Å². The molecule has 0 saturated carbocycles. The smallest absolute Gasteiger partial charge is 0.260 e. The minimum absolute atomic E-state index is 0.102. The average molecular weight is 439 g/mol. The largest absolute Gasteiger partial charge is 0.298 e. The van der Waals surface area contributed by atoms with Crippen molar-refractivity contribution >= 4 is 40.7 Å². The molecule has 1 unspecified atom stereocenters. The summed E-state index contributed by atoms with van der Waals surface area (Å²) in [5, 5.41) is 9.97. The zero-order chi connectivity index (χ0) is 21.6. The number of nitriles is 1. The number of hydrogen-bond donors (Lipinski definition) is 0. The van der Waals surface area contributed by atoms with E-state index in [2.05, 4.69) is 24.9 Å². The summed E-state index contributed by atoms with van der Waals surface area (Å²) in [6.45, 7) is 6.09. The van der Waals surface area contributed by atoms with Gasteiger partial charge in [-0.15, -0.1) is 0 Å². The number of anilines is 2. The summed E-state index contributed by atoms with van der Waals surface area (Å²) < 4.78 is 2.02. The second-order valence-electron chi connectivity index (χ2n) is 8.00. The van der Waals surface area contributed by atoms with Crippen molar-refractivity contribution in [2.45, 2.75) is 38.6 Å². The Morgan fingerprint density at radius 3 is 2.33 bits per heavy atom. The minimum Gasteiger partial charge on any atom is -0.298 e. The average Bonchev–Trinajstić information content (AvgIpc) is 3.21. The highest BCUT2D eigenvalue weighted by molar-refractivity contribution is 6.35. The Kier molecular flexibility index (Phi) is 5.09. The molecule has 0 radical (unpaired) electrons. The number of rotatable bonds is 4. The Hall–Kier alpha value is -2.81. The molecule has 0 spiro atoms. The Labute approximate surface area is 185 Å². The fourth-order valence-electron chi connectivity index (χ4n) is 4.00.